The molecular formula is C30H34N4O6S. The average molecular weight is 579 g/mol. The zero-order valence-electron chi connectivity index (χ0n) is 23.1. The molecule has 1 atom stereocenters. The summed E-state index contributed by atoms with van der Waals surface area (Å²) in [6.07, 6.45) is 3.81. The number of amides is 2. The van der Waals surface area contributed by atoms with E-state index in [0.29, 0.717) is 0 Å². The molecule has 3 aromatic rings. The van der Waals surface area contributed by atoms with E-state index in [0.717, 1.165) is 47.2 Å². The molecule has 3 aromatic carbocycles. The van der Waals surface area contributed by atoms with Crippen molar-refractivity contribution in [1.29, 1.82) is 0 Å². The molecule has 0 spiro atoms. The fourth-order valence-electron chi connectivity index (χ4n) is 4.96. The van der Waals surface area contributed by atoms with Crippen molar-refractivity contribution in [2.24, 2.45) is 0 Å². The van der Waals surface area contributed by atoms with Gasteiger partial charge in [-0.25, -0.2) is 8.42 Å². The summed E-state index contributed by atoms with van der Waals surface area (Å²) in [5, 5.41) is 14.5. The zero-order chi connectivity index (χ0) is 29.6. The van der Waals surface area contributed by atoms with Crippen molar-refractivity contribution in [2.45, 2.75) is 63.1 Å². The zero-order valence-corrected chi connectivity index (χ0v) is 23.9. The van der Waals surface area contributed by atoms with Crippen molar-refractivity contribution in [1.82, 2.24) is 10.2 Å². The van der Waals surface area contributed by atoms with Gasteiger partial charge in [0.2, 0.25) is 11.8 Å². The number of benzene rings is 3. The molecule has 0 aromatic heterocycles. The summed E-state index contributed by atoms with van der Waals surface area (Å²) in [4.78, 5) is 39.5. The summed E-state index contributed by atoms with van der Waals surface area (Å²) < 4.78 is 28.5. The molecule has 1 fully saturated rings. The number of hydrogen-bond acceptors (Lipinski definition) is 6. The second kappa shape index (κ2) is 12.9. The summed E-state index contributed by atoms with van der Waals surface area (Å²) in [6.45, 7) is 2.95. The van der Waals surface area contributed by atoms with Gasteiger partial charge in [-0.05, 0) is 56.0 Å². The van der Waals surface area contributed by atoms with E-state index in [2.05, 4.69) is 5.32 Å². The van der Waals surface area contributed by atoms with Gasteiger partial charge in [0.05, 0.1) is 15.5 Å². The fraction of sp³-hybridized carbons (Fsp3) is 0.333. The number of aryl methyl sites for hydroxylation is 1. The molecule has 10 nitrogen and oxygen atoms in total. The van der Waals surface area contributed by atoms with Gasteiger partial charge in [0.15, 0.2) is 0 Å². The highest BCUT2D eigenvalue weighted by molar-refractivity contribution is 7.92. The number of nitrogens with zero attached hydrogens (tertiary/aromatic N) is 3. The first-order valence-corrected chi connectivity index (χ1v) is 15.0. The van der Waals surface area contributed by atoms with Gasteiger partial charge in [-0.15, -0.1) is 0 Å². The number of non-ortho nitro benzene ring substituents is 1. The molecule has 1 N–H and O–H groups in total. The van der Waals surface area contributed by atoms with E-state index in [9.17, 15) is 28.1 Å². The van der Waals surface area contributed by atoms with Crippen LogP contribution in [0.2, 0.25) is 0 Å². The van der Waals surface area contributed by atoms with Crippen LogP contribution in [0, 0.1) is 17.0 Å². The third-order valence-electron chi connectivity index (χ3n) is 7.41. The predicted molar refractivity (Wildman–Crippen MR) is 156 cm³/mol. The second-order valence-corrected chi connectivity index (χ2v) is 12.1. The van der Waals surface area contributed by atoms with Crippen LogP contribution in [0.3, 0.4) is 0 Å². The summed E-state index contributed by atoms with van der Waals surface area (Å²) in [7, 11) is -4.31. The number of nitro benzene ring substituents is 1. The van der Waals surface area contributed by atoms with Gasteiger partial charge in [-0.3, -0.25) is 24.0 Å². The molecule has 0 bridgehead atoms. The number of hydrogen-bond donors (Lipinski definition) is 1. The Morgan fingerprint density at radius 1 is 1.00 bits per heavy atom. The van der Waals surface area contributed by atoms with Crippen molar-refractivity contribution >= 4 is 33.2 Å². The molecule has 0 unspecified atom stereocenters. The summed E-state index contributed by atoms with van der Waals surface area (Å²) in [6, 6.07) is 19.3. The van der Waals surface area contributed by atoms with Crippen molar-refractivity contribution in [3.63, 3.8) is 0 Å². The number of nitro groups is 1. The Labute approximate surface area is 240 Å². The highest BCUT2D eigenvalue weighted by Gasteiger charge is 2.34. The highest BCUT2D eigenvalue weighted by Crippen LogP contribution is 2.28. The van der Waals surface area contributed by atoms with E-state index >= 15 is 0 Å². The minimum atomic E-state index is -4.31. The maximum Gasteiger partial charge on any atom is 0.271 e. The van der Waals surface area contributed by atoms with Crippen molar-refractivity contribution in [3.05, 3.63) is 100 Å². The Bertz CT molecular complexity index is 1510. The molecule has 0 aliphatic heterocycles. The van der Waals surface area contributed by atoms with Crippen molar-refractivity contribution in [2.75, 3.05) is 10.8 Å². The maximum absolute atomic E-state index is 14.0. The normalized spacial score (nSPS) is 14.3. The van der Waals surface area contributed by atoms with E-state index in [4.69, 9.17) is 0 Å². The van der Waals surface area contributed by atoms with Gasteiger partial charge >= 0.3 is 0 Å². The lowest BCUT2D eigenvalue weighted by Gasteiger charge is -2.32. The highest BCUT2D eigenvalue weighted by atomic mass is 32.2. The van der Waals surface area contributed by atoms with E-state index in [-0.39, 0.29) is 34.8 Å². The second-order valence-electron chi connectivity index (χ2n) is 10.2. The van der Waals surface area contributed by atoms with Crippen LogP contribution in [-0.4, -0.2) is 48.7 Å². The van der Waals surface area contributed by atoms with Gasteiger partial charge in [-0.2, -0.15) is 0 Å². The van der Waals surface area contributed by atoms with Crippen molar-refractivity contribution < 1.29 is 22.9 Å². The van der Waals surface area contributed by atoms with E-state index in [1.807, 2.05) is 31.2 Å². The SMILES string of the molecule is Cc1ccccc1CN(C(=O)CN(c1cccc([N+](=O)[O-])c1)S(=O)(=O)c1ccccc1)[C@H](C)C(=O)NC1CCCC1. The molecule has 0 saturated heterocycles. The predicted octanol–water partition coefficient (Wildman–Crippen LogP) is 4.57. The van der Waals surface area contributed by atoms with Crippen LogP contribution in [0.15, 0.2) is 83.8 Å². The quantitative estimate of drug-likeness (QED) is 0.262. The molecule has 2 amide bonds. The van der Waals surface area contributed by atoms with E-state index < -0.39 is 33.4 Å². The molecule has 0 radical (unpaired) electrons. The molecule has 1 saturated carbocycles. The lowest BCUT2D eigenvalue weighted by molar-refractivity contribution is -0.384. The van der Waals surface area contributed by atoms with Crippen LogP contribution in [-0.2, 0) is 26.2 Å². The van der Waals surface area contributed by atoms with Crippen LogP contribution in [0.4, 0.5) is 11.4 Å². The molecule has 1 aliphatic carbocycles. The average Bonchev–Trinajstić information content (AvgIpc) is 3.48. The van der Waals surface area contributed by atoms with E-state index in [1.54, 1.807) is 25.1 Å². The topological polar surface area (TPSA) is 130 Å². The lowest BCUT2D eigenvalue weighted by Crippen LogP contribution is -2.52. The van der Waals surface area contributed by atoms with Crippen molar-refractivity contribution in [3.8, 4) is 0 Å². The molecule has 1 aliphatic rings. The number of carbonyl (C=O) groups is 2. The molecule has 4 rings (SSSR count). The number of anilines is 1. The maximum atomic E-state index is 14.0. The molecule has 216 valence electrons. The van der Waals surface area contributed by atoms with Crippen LogP contribution >= 0.6 is 0 Å². The first-order chi connectivity index (χ1) is 19.6. The Morgan fingerprint density at radius 2 is 1.66 bits per heavy atom. The molecule has 41 heavy (non-hydrogen) atoms. The Hall–Kier alpha value is -4.25. The number of nitrogens with one attached hydrogen (secondary N) is 1. The first-order valence-electron chi connectivity index (χ1n) is 13.5. The van der Waals surface area contributed by atoms with Crippen LogP contribution in [0.25, 0.3) is 0 Å². The van der Waals surface area contributed by atoms with Gasteiger partial charge < -0.3 is 10.2 Å². The van der Waals surface area contributed by atoms with E-state index in [1.165, 1.54) is 35.2 Å². The third-order valence-corrected chi connectivity index (χ3v) is 9.20. The fourth-order valence-corrected chi connectivity index (χ4v) is 6.38. The standard InChI is InChI=1S/C30H34N4O6S/c1-22-11-6-7-12-24(22)20-32(23(2)30(36)31-25-13-8-9-14-25)29(35)21-33(26-15-10-16-27(19-26)34(37)38)41(39,40)28-17-4-3-5-18-28/h3-7,10-12,15-19,23,25H,8-9,13-14,20-21H2,1-2H3,(H,31,36)/t23-/m1/s1. The third kappa shape index (κ3) is 7.10. The minimum absolute atomic E-state index is 0.0321. The summed E-state index contributed by atoms with van der Waals surface area (Å²) >= 11 is 0. The molecule has 0 heterocycles. The Morgan fingerprint density at radius 3 is 2.32 bits per heavy atom. The van der Waals surface area contributed by atoms with Crippen LogP contribution in [0.5, 0.6) is 0 Å². The van der Waals surface area contributed by atoms with Gasteiger partial charge in [0, 0.05) is 24.7 Å². The Kier molecular flexibility index (Phi) is 9.38. The number of carbonyl (C=O) groups excluding carboxylic acids is 2. The van der Waals surface area contributed by atoms with Gasteiger partial charge in [0.25, 0.3) is 15.7 Å². The minimum Gasteiger partial charge on any atom is -0.352 e. The molecule has 11 heteroatoms. The van der Waals surface area contributed by atoms with Gasteiger partial charge in [-0.1, -0.05) is 61.4 Å². The smallest absolute Gasteiger partial charge is 0.271 e. The summed E-state index contributed by atoms with van der Waals surface area (Å²) in [5.74, 6) is -0.931. The molecular weight excluding hydrogens is 544 g/mol. The largest absolute Gasteiger partial charge is 0.352 e. The first kappa shape index (κ1) is 29.7. The lowest BCUT2D eigenvalue weighted by atomic mass is 10.1. The summed E-state index contributed by atoms with van der Waals surface area (Å²) in [5.41, 5.74) is 1.38. The van der Waals surface area contributed by atoms with Crippen LogP contribution in [0.1, 0.15) is 43.7 Å². The van der Waals surface area contributed by atoms with Crippen LogP contribution < -0.4 is 9.62 Å². The monoisotopic (exact) mass is 578 g/mol. The number of rotatable bonds is 11. The Balaban J connectivity index is 1.72. The van der Waals surface area contributed by atoms with Gasteiger partial charge in [0.1, 0.15) is 12.6 Å². The number of sulfonamides is 1.